The minimum atomic E-state index is -1.11. The third-order valence-electron chi connectivity index (χ3n) is 15.5. The quantitative estimate of drug-likeness (QED) is 0.0313. The van der Waals surface area contributed by atoms with E-state index in [1.54, 1.807) is 133 Å². The van der Waals surface area contributed by atoms with Crippen LogP contribution in [0.15, 0.2) is 262 Å². The summed E-state index contributed by atoms with van der Waals surface area (Å²) in [5, 5.41) is 44.9. The number of alkyl halides is 1. The Kier molecular flexibility index (Phi) is 27.4. The lowest BCUT2D eigenvalue weighted by Crippen LogP contribution is -2.30. The number of hydrogen-bond donors (Lipinski definition) is 4. The maximum absolute atomic E-state index is 13.9. The van der Waals surface area contributed by atoms with Crippen LogP contribution in [0.5, 0.6) is 0 Å². The number of aromatic carboxylic acids is 1. The number of carbonyl (C=O) groups is 4. The van der Waals surface area contributed by atoms with Gasteiger partial charge in [0.1, 0.15) is 22.8 Å². The minimum absolute atomic E-state index is 0.0448. The number of H-pyrrole nitrogens is 2. The van der Waals surface area contributed by atoms with E-state index in [-0.39, 0.29) is 66.9 Å². The number of rotatable bonds is 20. The number of aromatic amines is 2. The summed E-state index contributed by atoms with van der Waals surface area (Å²) in [6.45, 7) is 0.218. The second-order valence-corrected chi connectivity index (χ2v) is 24.3. The van der Waals surface area contributed by atoms with Gasteiger partial charge in [-0.15, -0.1) is 0 Å². The van der Waals surface area contributed by atoms with Crippen molar-refractivity contribution in [2.45, 2.75) is 37.8 Å². The molecular formula is C78H57BrF8N18O9. The Balaban J connectivity index is 0.000000146. The standard InChI is InChI=1S/C26H17F4N5O2.C20H14F2N4O2.C13H10N4O2.C9H6N2O3.C7H5BrF2.C3H5N3/c27-19-6-4-16(9-21(19)29)13-34-15-18(12-32-34)35(14-17-5-7-20(28)22(30)10-17)26(36)24-11-25(37-33-24)23-3-1-2-8-31-23;21-15-5-4-13(7-16(15)22)11-26-12-14(10-24-26)8-19(27)18-9-20(28-25-18)17-3-1-2-6-23-17;18-12(5-9-7-15-16-8-9)11-6-13(19-17-11)10-3-1-2-4-14-10;12-9(13)7-5-8(14-11-7)6-3-1-2-4-10-6;8-4-5-1-2-6(9)7(10)3-5;4-3-1-5-6-2-3/h1-12,15H,13-14H2;1-7,9-10,12H,8,11H2;1-4,6-8H,5H2,(H,15,16);1-5H,(H,12,13);1-3H,4H2;1-2H,4H2,(H,5,6). The number of carbonyl (C=O) groups excluding carboxylic acids is 3. The molecule has 0 aliphatic rings. The number of nitrogens with zero attached hydrogens (tertiary/aromatic N) is 15. The number of nitrogens with one attached hydrogen (secondary N) is 2. The van der Waals surface area contributed by atoms with Gasteiger partial charge in [0.05, 0.1) is 55.8 Å². The van der Waals surface area contributed by atoms with E-state index in [0.29, 0.717) is 84.7 Å². The number of carboxylic acid groups (broad SMARTS) is 1. The van der Waals surface area contributed by atoms with E-state index in [4.69, 9.17) is 28.9 Å². The summed E-state index contributed by atoms with van der Waals surface area (Å²) in [4.78, 5) is 66.1. The molecule has 36 heteroatoms. The molecule has 4 aromatic carbocycles. The predicted octanol–water partition coefficient (Wildman–Crippen LogP) is 15.2. The van der Waals surface area contributed by atoms with Gasteiger partial charge in [0.2, 0.25) is 0 Å². The van der Waals surface area contributed by atoms with Crippen LogP contribution in [0.1, 0.15) is 75.3 Å². The van der Waals surface area contributed by atoms with Crippen LogP contribution in [0.4, 0.5) is 46.5 Å². The molecule has 114 heavy (non-hydrogen) atoms. The van der Waals surface area contributed by atoms with Crippen LogP contribution in [0.3, 0.4) is 0 Å². The third kappa shape index (κ3) is 22.7. The molecule has 16 aromatic rings. The van der Waals surface area contributed by atoms with Crippen LogP contribution in [0.25, 0.3) is 45.8 Å². The molecule has 0 unspecified atom stereocenters. The molecule has 0 bridgehead atoms. The summed E-state index contributed by atoms with van der Waals surface area (Å²) in [6.07, 6.45) is 19.4. The lowest BCUT2D eigenvalue weighted by atomic mass is 10.1. The summed E-state index contributed by atoms with van der Waals surface area (Å²) < 4.78 is 129. The molecule has 16 rings (SSSR count). The zero-order chi connectivity index (χ0) is 80.5. The summed E-state index contributed by atoms with van der Waals surface area (Å²) in [7, 11) is 0. The van der Waals surface area contributed by atoms with Crippen molar-refractivity contribution in [3.05, 3.63) is 347 Å². The highest BCUT2D eigenvalue weighted by Crippen LogP contribution is 2.27. The normalized spacial score (nSPS) is 10.6. The highest BCUT2D eigenvalue weighted by molar-refractivity contribution is 9.08. The van der Waals surface area contributed by atoms with E-state index in [1.807, 2.05) is 18.2 Å². The lowest BCUT2D eigenvalue weighted by Gasteiger charge is -2.20. The van der Waals surface area contributed by atoms with Gasteiger partial charge < -0.3 is 28.9 Å². The number of benzene rings is 4. The van der Waals surface area contributed by atoms with Crippen LogP contribution in [0.2, 0.25) is 0 Å². The Labute approximate surface area is 646 Å². The first-order valence-electron chi connectivity index (χ1n) is 33.4. The number of aromatic nitrogens is 16. The zero-order valence-electron chi connectivity index (χ0n) is 58.7. The largest absolute Gasteiger partial charge is 0.476 e. The number of hydrogen-bond acceptors (Lipinski definition) is 21. The monoisotopic (exact) mass is 1620 g/mol. The number of nitrogen functional groups attached to an aromatic ring is 1. The van der Waals surface area contributed by atoms with Gasteiger partial charge >= 0.3 is 5.97 Å². The molecule has 576 valence electrons. The molecule has 27 nitrogen and oxygen atoms in total. The minimum Gasteiger partial charge on any atom is -0.476 e. The molecule has 0 aliphatic carbocycles. The SMILES string of the molecule is Fc1ccc(CBr)cc1F.Nc1cn[nH]c1.O=C(Cc1cn[nH]c1)c1cc(-c2ccccn2)on1.O=C(Cc1cnn(Cc2ccc(F)c(F)c2)c1)c1cc(-c2ccccn2)on1.O=C(O)c1cc(-c2ccccn2)on1.O=C(c1cc(-c2ccccn2)on1)N(Cc1ccc(F)c(F)c1)c1cnn(Cc2ccc(F)c(F)c2)c1. The van der Waals surface area contributed by atoms with Crippen LogP contribution in [0, 0.1) is 46.5 Å². The predicted molar refractivity (Wildman–Crippen MR) is 395 cm³/mol. The smallest absolute Gasteiger partial charge is 0.358 e. The van der Waals surface area contributed by atoms with Crippen molar-refractivity contribution in [2.75, 3.05) is 10.6 Å². The average Bonchev–Trinajstić information content (AvgIpc) is 1.64. The molecule has 5 N–H and O–H groups in total. The summed E-state index contributed by atoms with van der Waals surface area (Å²) in [5.41, 5.74) is 12.3. The highest BCUT2D eigenvalue weighted by atomic mass is 79.9. The van der Waals surface area contributed by atoms with Gasteiger partial charge in [-0.05, 0) is 130 Å². The number of halogens is 9. The van der Waals surface area contributed by atoms with Gasteiger partial charge in [-0.25, -0.2) is 39.9 Å². The molecule has 0 saturated heterocycles. The van der Waals surface area contributed by atoms with Crippen LogP contribution in [-0.2, 0) is 37.8 Å². The van der Waals surface area contributed by atoms with E-state index in [0.717, 1.165) is 53.6 Å². The number of ketones is 2. The van der Waals surface area contributed by atoms with Crippen molar-refractivity contribution in [1.29, 1.82) is 0 Å². The van der Waals surface area contributed by atoms with Crippen molar-refractivity contribution in [2.24, 2.45) is 0 Å². The second kappa shape index (κ2) is 39.0. The van der Waals surface area contributed by atoms with E-state index in [2.05, 4.69) is 87.1 Å². The number of anilines is 2. The highest BCUT2D eigenvalue weighted by Gasteiger charge is 2.26. The Hall–Kier alpha value is -14.8. The molecule has 0 spiro atoms. The number of nitrogens with two attached hydrogens (primary N) is 1. The molecule has 1 amide bonds. The maximum Gasteiger partial charge on any atom is 0.358 e. The Morgan fingerprint density at radius 2 is 0.816 bits per heavy atom. The fourth-order valence-electron chi connectivity index (χ4n) is 9.94. The molecule has 12 aromatic heterocycles. The lowest BCUT2D eigenvalue weighted by molar-refractivity contribution is 0.0684. The number of Topliss-reactive ketones (excluding diaryl/α,β-unsaturated/α-hetero) is 2. The van der Waals surface area contributed by atoms with Crippen molar-refractivity contribution in [3.63, 3.8) is 0 Å². The summed E-state index contributed by atoms with van der Waals surface area (Å²) >= 11 is 3.13. The summed E-state index contributed by atoms with van der Waals surface area (Å²) in [6, 6.07) is 41.4. The van der Waals surface area contributed by atoms with E-state index >= 15 is 0 Å². The third-order valence-corrected chi connectivity index (χ3v) is 16.2. The second-order valence-electron chi connectivity index (χ2n) is 23.8. The zero-order valence-corrected chi connectivity index (χ0v) is 60.3. The van der Waals surface area contributed by atoms with Crippen molar-refractivity contribution in [3.8, 4) is 45.8 Å². The first-order chi connectivity index (χ1) is 55.2. The van der Waals surface area contributed by atoms with Crippen LogP contribution < -0.4 is 10.6 Å². The summed E-state index contributed by atoms with van der Waals surface area (Å²) in [5.74, 6) is -7.96. The van der Waals surface area contributed by atoms with Gasteiger partial charge in [-0.3, -0.25) is 58.8 Å². The van der Waals surface area contributed by atoms with Crippen molar-refractivity contribution < 1.29 is 77.5 Å². The van der Waals surface area contributed by atoms with Gasteiger partial charge in [0.25, 0.3) is 5.91 Å². The van der Waals surface area contributed by atoms with Gasteiger partial charge in [-0.1, -0.05) is 85.1 Å². The molecule has 12 heterocycles. The molecule has 0 saturated carbocycles. The Morgan fingerprint density at radius 3 is 1.22 bits per heavy atom. The molecular weight excluding hydrogens is 1560 g/mol. The Bertz CT molecular complexity index is 5820. The van der Waals surface area contributed by atoms with Crippen LogP contribution in [-0.4, -0.2) is 109 Å². The molecule has 0 fully saturated rings. The van der Waals surface area contributed by atoms with Crippen molar-refractivity contribution >= 4 is 50.7 Å². The van der Waals surface area contributed by atoms with Crippen molar-refractivity contribution in [1.82, 2.24) is 80.5 Å². The number of amides is 1. The van der Waals surface area contributed by atoms with E-state index < -0.39 is 58.4 Å². The van der Waals surface area contributed by atoms with Gasteiger partial charge in [-0.2, -0.15) is 20.4 Å². The molecule has 0 radical (unpaired) electrons. The maximum atomic E-state index is 13.9. The van der Waals surface area contributed by atoms with Crippen LogP contribution >= 0.6 is 15.9 Å². The Morgan fingerprint density at radius 1 is 0.421 bits per heavy atom. The average molecular weight is 1620 g/mol. The van der Waals surface area contributed by atoms with E-state index in [1.165, 1.54) is 64.4 Å². The topological polar surface area (TPSA) is 366 Å². The van der Waals surface area contributed by atoms with Gasteiger partial charge in [0.15, 0.2) is 104 Å². The fraction of sp³-hybridized carbons (Fsp3) is 0.0769. The number of carboxylic acids is 1. The first kappa shape index (κ1) is 80.2. The molecule has 0 aliphatic heterocycles. The van der Waals surface area contributed by atoms with Gasteiger partial charge in [0, 0.05) is 92.0 Å². The van der Waals surface area contributed by atoms with E-state index in [9.17, 15) is 54.3 Å². The molecule has 0 atom stereocenters. The fourth-order valence-corrected chi connectivity index (χ4v) is 10.3. The first-order valence-corrected chi connectivity index (χ1v) is 34.5. The number of pyridine rings is 4.